The van der Waals surface area contributed by atoms with Crippen LogP contribution in [0.5, 0.6) is 5.75 Å². The average molecular weight is 754 g/mol. The minimum atomic E-state index is -0.889. The minimum absolute atomic E-state index is 0.152. The van der Waals surface area contributed by atoms with E-state index in [1.807, 2.05) is 42.5 Å². The lowest BCUT2D eigenvalue weighted by Gasteiger charge is -2.27. The zero-order chi connectivity index (χ0) is 30.8. The fourth-order valence-electron chi connectivity index (χ4n) is 4.71. The van der Waals surface area contributed by atoms with Crippen molar-refractivity contribution in [3.05, 3.63) is 124 Å². The minimum Gasteiger partial charge on any atom is -0.496 e. The van der Waals surface area contributed by atoms with Gasteiger partial charge in [0.25, 0.3) is 5.56 Å². The van der Waals surface area contributed by atoms with Crippen LogP contribution in [0.25, 0.3) is 11.8 Å². The van der Waals surface area contributed by atoms with Crippen LogP contribution < -0.4 is 19.6 Å². The number of thiazole rings is 1. The molecule has 0 amide bonds. The predicted molar refractivity (Wildman–Crippen MR) is 174 cm³/mol. The van der Waals surface area contributed by atoms with E-state index in [4.69, 9.17) is 18.9 Å². The number of ether oxygens (including phenoxy) is 2. The Bertz CT molecular complexity index is 2080. The molecular formula is C31H22Br2N4O5S2. The number of rotatable bonds is 8. The van der Waals surface area contributed by atoms with Gasteiger partial charge in [-0.2, -0.15) is 0 Å². The number of methoxy groups -OCH3 is 1. The summed E-state index contributed by atoms with van der Waals surface area (Å²) in [6.45, 7) is 1.89. The predicted octanol–water partition coefficient (Wildman–Crippen LogP) is 6.00. The molecule has 1 aliphatic rings. The van der Waals surface area contributed by atoms with Crippen LogP contribution in [0, 0.1) is 0 Å². The lowest BCUT2D eigenvalue weighted by molar-refractivity contribution is -0.138. The fraction of sp³-hybridized carbons (Fsp3) is 0.129. The second-order valence-corrected chi connectivity index (χ2v) is 13.0. The molecule has 1 aliphatic heterocycles. The monoisotopic (exact) mass is 752 g/mol. The maximum atomic E-state index is 14.2. The van der Waals surface area contributed by atoms with E-state index in [2.05, 4.69) is 41.8 Å². The standard InChI is InChI=1S/C31H22Br2N4O5S2/c1-3-41-28(39)24-25(17-8-5-4-6-9-17)36-31-37(26(24)20-14-18(32)10-11-22(20)40-2)27(38)23(43-31)16-19-15-21(33)29(42-19)44-30-34-12-7-13-35-30/h4-16,26H,3H2,1-2H3/b23-16-/t26-/m0/s1. The lowest BCUT2D eigenvalue weighted by Crippen LogP contribution is -2.40. The van der Waals surface area contributed by atoms with Gasteiger partial charge in [0.15, 0.2) is 15.1 Å². The summed E-state index contributed by atoms with van der Waals surface area (Å²) in [6, 6.07) is 17.5. The molecule has 0 bridgehead atoms. The van der Waals surface area contributed by atoms with Crippen LogP contribution >= 0.6 is 55.0 Å². The summed E-state index contributed by atoms with van der Waals surface area (Å²) in [6.07, 6.45) is 4.97. The maximum Gasteiger partial charge on any atom is 0.338 e. The number of carbonyl (C=O) groups is 1. The molecule has 1 atom stereocenters. The summed E-state index contributed by atoms with van der Waals surface area (Å²) in [5, 5.41) is 1.07. The van der Waals surface area contributed by atoms with Crippen LogP contribution in [0.2, 0.25) is 0 Å². The normalized spacial score (nSPS) is 14.7. The highest BCUT2D eigenvalue weighted by Gasteiger charge is 2.37. The van der Waals surface area contributed by atoms with Crippen molar-refractivity contribution in [1.82, 2.24) is 14.5 Å². The quantitative estimate of drug-likeness (QED) is 0.140. The van der Waals surface area contributed by atoms with Gasteiger partial charge in [0.1, 0.15) is 17.6 Å². The molecule has 0 saturated heterocycles. The molecule has 0 fully saturated rings. The SMILES string of the molecule is CCOC(=O)C1=C(c2ccccc2)N=c2s/c(=C\c3cc(Br)c(Sc4ncccn4)o3)c(=O)n2[C@H]1c1cc(Br)ccc1OC. The maximum absolute atomic E-state index is 14.2. The number of furan rings is 1. The smallest absolute Gasteiger partial charge is 0.338 e. The molecule has 3 aromatic heterocycles. The summed E-state index contributed by atoms with van der Waals surface area (Å²) in [5.74, 6) is 0.380. The summed E-state index contributed by atoms with van der Waals surface area (Å²) in [4.78, 5) is 41.7. The van der Waals surface area contributed by atoms with Crippen molar-refractivity contribution in [2.75, 3.05) is 13.7 Å². The van der Waals surface area contributed by atoms with Gasteiger partial charge in [-0.3, -0.25) is 9.36 Å². The van der Waals surface area contributed by atoms with Crippen LogP contribution in [-0.2, 0) is 9.53 Å². The lowest BCUT2D eigenvalue weighted by atomic mass is 9.92. The van der Waals surface area contributed by atoms with Gasteiger partial charge in [-0.05, 0) is 64.9 Å². The highest BCUT2D eigenvalue weighted by Crippen LogP contribution is 2.40. The van der Waals surface area contributed by atoms with E-state index >= 15 is 0 Å². The number of hydrogen-bond donors (Lipinski definition) is 0. The molecule has 0 radical (unpaired) electrons. The molecule has 44 heavy (non-hydrogen) atoms. The second-order valence-electron chi connectivity index (χ2n) is 9.24. The number of aromatic nitrogens is 3. The molecule has 0 N–H and O–H groups in total. The Kier molecular flexibility index (Phi) is 8.98. The largest absolute Gasteiger partial charge is 0.496 e. The summed E-state index contributed by atoms with van der Waals surface area (Å²) >= 11 is 9.54. The first-order valence-corrected chi connectivity index (χ1v) is 16.5. The van der Waals surface area contributed by atoms with Crippen LogP contribution in [0.1, 0.15) is 29.9 Å². The molecule has 9 nitrogen and oxygen atoms in total. The average Bonchev–Trinajstić information content (AvgIpc) is 3.54. The molecule has 4 heterocycles. The molecule has 0 aliphatic carbocycles. The van der Waals surface area contributed by atoms with Gasteiger partial charge < -0.3 is 13.9 Å². The Hall–Kier alpha value is -3.78. The molecule has 5 aromatic rings. The van der Waals surface area contributed by atoms with Gasteiger partial charge in [0.05, 0.1) is 34.0 Å². The third-order valence-corrected chi connectivity index (χ3v) is 9.74. The van der Waals surface area contributed by atoms with E-state index in [0.29, 0.717) is 52.4 Å². The highest BCUT2D eigenvalue weighted by atomic mass is 79.9. The van der Waals surface area contributed by atoms with Gasteiger partial charge in [0, 0.05) is 34.1 Å². The third kappa shape index (κ3) is 5.96. The van der Waals surface area contributed by atoms with Crippen LogP contribution in [-0.4, -0.2) is 34.2 Å². The van der Waals surface area contributed by atoms with Gasteiger partial charge in [-0.15, -0.1) is 0 Å². The number of halogens is 2. The van der Waals surface area contributed by atoms with E-state index in [1.54, 1.807) is 50.7 Å². The summed E-state index contributed by atoms with van der Waals surface area (Å²) < 4.78 is 20.7. The van der Waals surface area contributed by atoms with E-state index in [9.17, 15) is 9.59 Å². The van der Waals surface area contributed by atoms with Gasteiger partial charge in [-0.25, -0.2) is 19.8 Å². The second kappa shape index (κ2) is 13.1. The summed E-state index contributed by atoms with van der Waals surface area (Å²) in [5.41, 5.74) is 1.62. The van der Waals surface area contributed by atoms with Gasteiger partial charge in [-0.1, -0.05) is 57.6 Å². The van der Waals surface area contributed by atoms with Crippen molar-refractivity contribution in [3.63, 3.8) is 0 Å². The molecule has 0 unspecified atom stereocenters. The Balaban J connectivity index is 1.58. The van der Waals surface area contributed by atoms with Crippen molar-refractivity contribution in [2.24, 2.45) is 4.99 Å². The Morgan fingerprint density at radius 1 is 1.11 bits per heavy atom. The first-order valence-electron chi connectivity index (χ1n) is 13.2. The zero-order valence-corrected chi connectivity index (χ0v) is 28.0. The van der Waals surface area contributed by atoms with Gasteiger partial charge in [0.2, 0.25) is 0 Å². The first-order chi connectivity index (χ1) is 21.4. The molecule has 222 valence electrons. The topological polar surface area (TPSA) is 109 Å². The summed E-state index contributed by atoms with van der Waals surface area (Å²) in [7, 11) is 1.55. The molecule has 0 saturated carbocycles. The van der Waals surface area contributed by atoms with E-state index in [-0.39, 0.29) is 17.7 Å². The van der Waals surface area contributed by atoms with E-state index in [1.165, 1.54) is 27.7 Å². The number of benzene rings is 2. The van der Waals surface area contributed by atoms with E-state index in [0.717, 1.165) is 4.47 Å². The van der Waals surface area contributed by atoms with Crippen LogP contribution in [0.4, 0.5) is 0 Å². The van der Waals surface area contributed by atoms with Crippen molar-refractivity contribution in [2.45, 2.75) is 23.2 Å². The number of carbonyl (C=O) groups excluding carboxylic acids is 1. The van der Waals surface area contributed by atoms with Crippen molar-refractivity contribution >= 4 is 72.7 Å². The van der Waals surface area contributed by atoms with Crippen LogP contribution in [0.3, 0.4) is 0 Å². The van der Waals surface area contributed by atoms with Crippen molar-refractivity contribution in [3.8, 4) is 5.75 Å². The van der Waals surface area contributed by atoms with Crippen molar-refractivity contribution in [1.29, 1.82) is 0 Å². The number of fused-ring (bicyclic) bond motifs is 1. The number of hydrogen-bond acceptors (Lipinski definition) is 10. The molecular weight excluding hydrogens is 732 g/mol. The number of esters is 1. The Labute approximate surface area is 276 Å². The fourth-order valence-corrected chi connectivity index (χ4v) is 7.31. The highest BCUT2D eigenvalue weighted by molar-refractivity contribution is 9.10. The molecule has 2 aromatic carbocycles. The molecule has 6 rings (SSSR count). The first kappa shape index (κ1) is 30.3. The van der Waals surface area contributed by atoms with Gasteiger partial charge >= 0.3 is 5.97 Å². The zero-order valence-electron chi connectivity index (χ0n) is 23.2. The Morgan fingerprint density at radius 2 is 1.89 bits per heavy atom. The number of nitrogens with zero attached hydrogens (tertiary/aromatic N) is 4. The third-order valence-electron chi connectivity index (χ3n) is 6.53. The van der Waals surface area contributed by atoms with E-state index < -0.39 is 12.0 Å². The molecule has 13 heteroatoms. The Morgan fingerprint density at radius 3 is 2.61 bits per heavy atom. The van der Waals surface area contributed by atoms with Crippen LogP contribution in [0.15, 0.2) is 112 Å². The molecule has 0 spiro atoms. The van der Waals surface area contributed by atoms with Crippen molar-refractivity contribution < 1.29 is 18.7 Å².